The Morgan fingerprint density at radius 1 is 0.875 bits per heavy atom. The summed E-state index contributed by atoms with van der Waals surface area (Å²) in [5.74, 6) is 2.33. The molecule has 8 rings (SSSR count). The number of hydrogen-bond donors (Lipinski definition) is 1. The van der Waals surface area contributed by atoms with Crippen LogP contribution in [0.15, 0.2) is 91.0 Å². The van der Waals surface area contributed by atoms with Gasteiger partial charge in [-0.25, -0.2) is 4.39 Å². The van der Waals surface area contributed by atoms with Gasteiger partial charge in [0.2, 0.25) is 0 Å². The normalized spacial score (nSPS) is 19.4. The van der Waals surface area contributed by atoms with E-state index in [0.717, 1.165) is 76.3 Å². The standard InChI is InChI=1S/C42H40FNO4/c1-41(2)35-8-6-5-7-31(35)38-33-23-36(44-21-18-26(25-45)19-22-44)37(47-4)24-34(33)40-32(39(38)41)17-20-42(48-40,27-9-13-29(43)14-10-27)28-11-15-30(46-3)16-12-28/h5-17,20,23-24,26,45H,18-19,21-22,25H2,1-4H3. The van der Waals surface area contributed by atoms with Gasteiger partial charge in [-0.1, -0.05) is 68.5 Å². The fraction of sp³-hybridized carbons (Fsp3) is 0.286. The van der Waals surface area contributed by atoms with Crippen LogP contribution in [-0.4, -0.2) is 39.0 Å². The van der Waals surface area contributed by atoms with E-state index in [1.165, 1.54) is 34.4 Å². The van der Waals surface area contributed by atoms with Gasteiger partial charge >= 0.3 is 0 Å². The zero-order valence-electron chi connectivity index (χ0n) is 27.8. The molecule has 0 saturated carbocycles. The largest absolute Gasteiger partial charge is 0.497 e. The van der Waals surface area contributed by atoms with Gasteiger partial charge in [-0.15, -0.1) is 0 Å². The van der Waals surface area contributed by atoms with Crippen molar-refractivity contribution in [2.75, 3.05) is 38.8 Å². The Bertz CT molecular complexity index is 2060. The summed E-state index contributed by atoms with van der Waals surface area (Å²) >= 11 is 0. The molecule has 1 unspecified atom stereocenters. The molecule has 5 aromatic rings. The lowest BCUT2D eigenvalue weighted by Crippen LogP contribution is -2.35. The number of hydrogen-bond acceptors (Lipinski definition) is 5. The first kappa shape index (κ1) is 30.5. The van der Waals surface area contributed by atoms with Crippen LogP contribution in [0.25, 0.3) is 28.0 Å². The summed E-state index contributed by atoms with van der Waals surface area (Å²) < 4.78 is 33.3. The van der Waals surface area contributed by atoms with E-state index in [2.05, 4.69) is 67.3 Å². The summed E-state index contributed by atoms with van der Waals surface area (Å²) in [5.41, 5.74) is 7.50. The van der Waals surface area contributed by atoms with Gasteiger partial charge in [-0.05, 0) is 88.9 Å². The Hall–Kier alpha value is -4.81. The van der Waals surface area contributed by atoms with Gasteiger partial charge in [0.1, 0.15) is 23.1 Å². The Morgan fingerprint density at radius 3 is 2.23 bits per heavy atom. The summed E-state index contributed by atoms with van der Waals surface area (Å²) in [5, 5.41) is 11.9. The number of nitrogens with zero attached hydrogens (tertiary/aromatic N) is 1. The number of ether oxygens (including phenoxy) is 3. The molecule has 5 aromatic carbocycles. The highest BCUT2D eigenvalue weighted by Crippen LogP contribution is 2.59. The molecule has 1 atom stereocenters. The molecule has 244 valence electrons. The summed E-state index contributed by atoms with van der Waals surface area (Å²) in [7, 11) is 3.38. The van der Waals surface area contributed by atoms with Crippen LogP contribution >= 0.6 is 0 Å². The molecule has 2 aliphatic heterocycles. The molecule has 1 N–H and O–H groups in total. The Balaban J connectivity index is 1.42. The minimum Gasteiger partial charge on any atom is -0.497 e. The zero-order valence-corrected chi connectivity index (χ0v) is 27.8. The van der Waals surface area contributed by atoms with Gasteiger partial charge in [0, 0.05) is 47.2 Å². The fourth-order valence-electron chi connectivity index (χ4n) is 8.25. The van der Waals surface area contributed by atoms with Crippen LogP contribution < -0.4 is 19.1 Å². The number of anilines is 1. The molecule has 0 aromatic heterocycles. The monoisotopic (exact) mass is 641 g/mol. The molecule has 1 aliphatic carbocycles. The van der Waals surface area contributed by atoms with E-state index in [-0.39, 0.29) is 17.8 Å². The number of halogens is 1. The van der Waals surface area contributed by atoms with Gasteiger partial charge in [-0.2, -0.15) is 0 Å². The van der Waals surface area contributed by atoms with E-state index in [9.17, 15) is 9.50 Å². The predicted molar refractivity (Wildman–Crippen MR) is 190 cm³/mol. The van der Waals surface area contributed by atoms with Crippen molar-refractivity contribution in [1.29, 1.82) is 0 Å². The average Bonchev–Trinajstić information content (AvgIpc) is 3.38. The molecular weight excluding hydrogens is 601 g/mol. The van der Waals surface area contributed by atoms with Crippen LogP contribution in [0.5, 0.6) is 17.2 Å². The molecule has 2 heterocycles. The smallest absolute Gasteiger partial charge is 0.178 e. The summed E-state index contributed by atoms with van der Waals surface area (Å²) in [6.07, 6.45) is 6.20. The van der Waals surface area contributed by atoms with Gasteiger partial charge in [0.15, 0.2) is 5.60 Å². The fourth-order valence-corrected chi connectivity index (χ4v) is 8.25. The SMILES string of the molecule is COc1ccc(C2(c3ccc(F)cc3)C=Cc3c4c(c5cc(N6CCC(CO)CC6)c(OC)cc5c3O2)-c2ccccc2C4(C)C)cc1. The number of aliphatic hydroxyl groups is 1. The van der Waals surface area contributed by atoms with Gasteiger partial charge in [0.05, 0.1) is 19.9 Å². The first-order valence-electron chi connectivity index (χ1n) is 16.8. The number of fused-ring (bicyclic) bond motifs is 8. The van der Waals surface area contributed by atoms with Crippen molar-refractivity contribution < 1.29 is 23.7 Å². The zero-order chi connectivity index (χ0) is 33.2. The Morgan fingerprint density at radius 2 is 1.56 bits per heavy atom. The second kappa shape index (κ2) is 11.4. The van der Waals surface area contributed by atoms with Crippen molar-refractivity contribution in [3.05, 3.63) is 125 Å². The van der Waals surface area contributed by atoms with Gasteiger partial charge in [-0.3, -0.25) is 0 Å². The minimum absolute atomic E-state index is 0.225. The Kier molecular flexibility index (Phi) is 7.26. The molecule has 1 fully saturated rings. The van der Waals surface area contributed by atoms with Crippen molar-refractivity contribution in [2.24, 2.45) is 5.92 Å². The quantitative estimate of drug-likeness (QED) is 0.201. The molecule has 3 aliphatic rings. The van der Waals surface area contributed by atoms with E-state index in [1.54, 1.807) is 26.4 Å². The highest BCUT2D eigenvalue weighted by Gasteiger charge is 2.44. The minimum atomic E-state index is -1.03. The summed E-state index contributed by atoms with van der Waals surface area (Å²) in [6.45, 7) is 6.53. The lowest BCUT2D eigenvalue weighted by atomic mass is 9.76. The Labute approximate surface area is 281 Å². The maximum Gasteiger partial charge on any atom is 0.178 e. The maximum atomic E-state index is 14.3. The summed E-state index contributed by atoms with van der Waals surface area (Å²) in [4.78, 5) is 2.39. The highest BCUT2D eigenvalue weighted by atomic mass is 19.1. The molecule has 0 radical (unpaired) electrons. The van der Waals surface area contributed by atoms with Gasteiger partial charge < -0.3 is 24.2 Å². The first-order chi connectivity index (χ1) is 23.3. The van der Waals surface area contributed by atoms with E-state index in [1.807, 2.05) is 24.3 Å². The van der Waals surface area contributed by atoms with Crippen molar-refractivity contribution in [2.45, 2.75) is 37.7 Å². The third kappa shape index (κ3) is 4.53. The number of rotatable bonds is 6. The molecule has 0 bridgehead atoms. The molecule has 5 nitrogen and oxygen atoms in total. The lowest BCUT2D eigenvalue weighted by Gasteiger charge is -2.39. The van der Waals surface area contributed by atoms with Crippen molar-refractivity contribution in [3.8, 4) is 28.4 Å². The molecule has 6 heteroatoms. The van der Waals surface area contributed by atoms with Crippen LogP contribution in [0, 0.1) is 11.7 Å². The van der Waals surface area contributed by atoms with E-state index in [4.69, 9.17) is 14.2 Å². The molecular formula is C42H40FNO4. The number of piperidine rings is 1. The maximum absolute atomic E-state index is 14.3. The topological polar surface area (TPSA) is 51.2 Å². The third-order valence-electron chi connectivity index (χ3n) is 10.8. The summed E-state index contributed by atoms with van der Waals surface area (Å²) in [6, 6.07) is 27.6. The van der Waals surface area contributed by atoms with Crippen LogP contribution in [-0.2, 0) is 11.0 Å². The predicted octanol–water partition coefficient (Wildman–Crippen LogP) is 8.86. The second-order valence-corrected chi connectivity index (χ2v) is 13.8. The van der Waals surface area contributed by atoms with Crippen molar-refractivity contribution in [3.63, 3.8) is 0 Å². The van der Waals surface area contributed by atoms with E-state index in [0.29, 0.717) is 5.92 Å². The van der Waals surface area contributed by atoms with Gasteiger partial charge in [0.25, 0.3) is 0 Å². The second-order valence-electron chi connectivity index (χ2n) is 13.8. The lowest BCUT2D eigenvalue weighted by molar-refractivity contribution is 0.163. The van der Waals surface area contributed by atoms with Crippen LogP contribution in [0.3, 0.4) is 0 Å². The third-order valence-corrected chi connectivity index (χ3v) is 10.8. The van der Waals surface area contributed by atoms with Crippen molar-refractivity contribution >= 4 is 22.5 Å². The highest BCUT2D eigenvalue weighted by molar-refractivity contribution is 6.10. The average molecular weight is 642 g/mol. The number of benzene rings is 5. The number of aliphatic hydroxyl groups excluding tert-OH is 1. The molecule has 48 heavy (non-hydrogen) atoms. The molecule has 0 amide bonds. The molecule has 0 spiro atoms. The van der Waals surface area contributed by atoms with Crippen LogP contribution in [0.4, 0.5) is 10.1 Å². The van der Waals surface area contributed by atoms with Crippen LogP contribution in [0.2, 0.25) is 0 Å². The first-order valence-corrected chi connectivity index (χ1v) is 16.8. The van der Waals surface area contributed by atoms with Crippen LogP contribution in [0.1, 0.15) is 54.5 Å². The number of methoxy groups -OCH3 is 2. The van der Waals surface area contributed by atoms with Crippen molar-refractivity contribution in [1.82, 2.24) is 0 Å². The van der Waals surface area contributed by atoms with E-state index >= 15 is 0 Å². The molecule has 1 saturated heterocycles. The van der Waals surface area contributed by atoms with E-state index < -0.39 is 5.60 Å².